The molecule has 18 heavy (non-hydrogen) atoms. The highest BCUT2D eigenvalue weighted by Crippen LogP contribution is 2.33. The van der Waals surface area contributed by atoms with E-state index in [4.69, 9.17) is 0 Å². The molecule has 0 aliphatic heterocycles. The molecule has 0 aromatic carbocycles. The minimum absolute atomic E-state index is 0.865. The van der Waals surface area contributed by atoms with Gasteiger partial charge in [-0.25, -0.2) is 0 Å². The van der Waals surface area contributed by atoms with E-state index in [1.165, 1.54) is 51.4 Å². The fourth-order valence-corrected chi connectivity index (χ4v) is 3.26. The third kappa shape index (κ3) is 8.16. The van der Waals surface area contributed by atoms with Crippen molar-refractivity contribution in [1.82, 2.24) is 0 Å². The minimum Gasteiger partial charge on any atom is -0.0654 e. The number of hydrogen-bond donors (Lipinski definition) is 0. The Morgan fingerprint density at radius 3 is 1.72 bits per heavy atom. The van der Waals surface area contributed by atoms with Crippen LogP contribution in [0.3, 0.4) is 0 Å². The smallest absolute Gasteiger partial charge is 0.0363 e. The summed E-state index contributed by atoms with van der Waals surface area (Å²) in [4.78, 5) is 0. The van der Waals surface area contributed by atoms with Crippen molar-refractivity contribution in [2.45, 2.75) is 92.9 Å². The summed E-state index contributed by atoms with van der Waals surface area (Å²) in [5.74, 6) is 3.68. The molecule has 0 bridgehead atoms. The zero-order chi connectivity index (χ0) is 14.0. The van der Waals surface area contributed by atoms with Gasteiger partial charge in [0, 0.05) is 0 Å². The standard InChI is InChI=1S/C18H38/c1-7-9-10-12-17(6)18(14-13-15(3)4)16(5)11-8-2/h15-18H,7-14H2,1-6H3. The first-order valence-electron chi connectivity index (χ1n) is 8.52. The van der Waals surface area contributed by atoms with E-state index in [1.54, 1.807) is 0 Å². The van der Waals surface area contributed by atoms with Gasteiger partial charge >= 0.3 is 0 Å². The molecule has 0 amide bonds. The molecule has 0 heterocycles. The third-order valence-corrected chi connectivity index (χ3v) is 4.55. The Kier molecular flexibility index (Phi) is 10.9. The van der Waals surface area contributed by atoms with Gasteiger partial charge in [0.2, 0.25) is 0 Å². The van der Waals surface area contributed by atoms with Crippen molar-refractivity contribution in [2.75, 3.05) is 0 Å². The van der Waals surface area contributed by atoms with Gasteiger partial charge in [-0.15, -0.1) is 0 Å². The molecule has 0 aromatic heterocycles. The summed E-state index contributed by atoms with van der Waals surface area (Å²) in [5.41, 5.74) is 0. The SMILES string of the molecule is CCCCCC(C)C(CCC(C)C)C(C)CCC. The maximum Gasteiger partial charge on any atom is -0.0363 e. The molecule has 0 radical (unpaired) electrons. The fraction of sp³-hybridized carbons (Fsp3) is 1.00. The first kappa shape index (κ1) is 18.0. The van der Waals surface area contributed by atoms with Crippen LogP contribution in [0.1, 0.15) is 92.9 Å². The van der Waals surface area contributed by atoms with Crippen LogP contribution in [0.15, 0.2) is 0 Å². The number of rotatable bonds is 11. The van der Waals surface area contributed by atoms with Crippen molar-refractivity contribution in [3.8, 4) is 0 Å². The van der Waals surface area contributed by atoms with E-state index in [-0.39, 0.29) is 0 Å². The monoisotopic (exact) mass is 254 g/mol. The largest absolute Gasteiger partial charge is 0.0654 e. The predicted octanol–water partition coefficient (Wildman–Crippen LogP) is 6.69. The second-order valence-electron chi connectivity index (χ2n) is 6.87. The lowest BCUT2D eigenvalue weighted by molar-refractivity contribution is 0.202. The Morgan fingerprint density at radius 2 is 1.22 bits per heavy atom. The molecule has 0 nitrogen and oxygen atoms in total. The molecule has 0 rings (SSSR count). The van der Waals surface area contributed by atoms with Crippen LogP contribution in [-0.2, 0) is 0 Å². The molecule has 3 atom stereocenters. The average molecular weight is 255 g/mol. The molecule has 0 fully saturated rings. The van der Waals surface area contributed by atoms with E-state index in [0.29, 0.717) is 0 Å². The number of unbranched alkanes of at least 4 members (excludes halogenated alkanes) is 2. The average Bonchev–Trinajstić information content (AvgIpc) is 2.29. The van der Waals surface area contributed by atoms with Gasteiger partial charge in [0.25, 0.3) is 0 Å². The maximum absolute atomic E-state index is 2.51. The van der Waals surface area contributed by atoms with Crippen LogP contribution in [0.25, 0.3) is 0 Å². The first-order chi connectivity index (χ1) is 8.52. The molecule has 0 spiro atoms. The van der Waals surface area contributed by atoms with Crippen molar-refractivity contribution in [3.05, 3.63) is 0 Å². The molecule has 110 valence electrons. The molecule has 0 aliphatic rings. The van der Waals surface area contributed by atoms with E-state index in [9.17, 15) is 0 Å². The summed E-state index contributed by atoms with van der Waals surface area (Å²) < 4.78 is 0. The zero-order valence-electron chi connectivity index (χ0n) is 14.0. The highest BCUT2D eigenvalue weighted by atomic mass is 14.3. The Bertz CT molecular complexity index is 171. The van der Waals surface area contributed by atoms with Crippen LogP contribution in [0.2, 0.25) is 0 Å². The molecule has 0 saturated heterocycles. The van der Waals surface area contributed by atoms with Crippen LogP contribution < -0.4 is 0 Å². The van der Waals surface area contributed by atoms with Crippen LogP contribution in [0.5, 0.6) is 0 Å². The van der Waals surface area contributed by atoms with Crippen LogP contribution in [0, 0.1) is 23.7 Å². The Morgan fingerprint density at radius 1 is 0.611 bits per heavy atom. The fourth-order valence-electron chi connectivity index (χ4n) is 3.26. The van der Waals surface area contributed by atoms with Crippen LogP contribution in [-0.4, -0.2) is 0 Å². The molecular weight excluding hydrogens is 216 g/mol. The van der Waals surface area contributed by atoms with Gasteiger partial charge in [0.05, 0.1) is 0 Å². The maximum atomic E-state index is 2.51. The predicted molar refractivity (Wildman–Crippen MR) is 84.9 cm³/mol. The zero-order valence-corrected chi connectivity index (χ0v) is 14.0. The van der Waals surface area contributed by atoms with Crippen LogP contribution >= 0.6 is 0 Å². The quantitative estimate of drug-likeness (QED) is 0.360. The molecule has 0 N–H and O–H groups in total. The minimum atomic E-state index is 0.865. The molecule has 3 unspecified atom stereocenters. The van der Waals surface area contributed by atoms with Gasteiger partial charge < -0.3 is 0 Å². The van der Waals surface area contributed by atoms with Gasteiger partial charge in [0.1, 0.15) is 0 Å². The summed E-state index contributed by atoms with van der Waals surface area (Å²) in [5, 5.41) is 0. The van der Waals surface area contributed by atoms with E-state index < -0.39 is 0 Å². The lowest BCUT2D eigenvalue weighted by Gasteiger charge is -2.30. The first-order valence-corrected chi connectivity index (χ1v) is 8.52. The normalized spacial score (nSPS) is 16.8. The number of hydrogen-bond acceptors (Lipinski definition) is 0. The van der Waals surface area contributed by atoms with E-state index >= 15 is 0 Å². The highest BCUT2D eigenvalue weighted by molar-refractivity contribution is 4.73. The van der Waals surface area contributed by atoms with Crippen LogP contribution in [0.4, 0.5) is 0 Å². The Balaban J connectivity index is 4.24. The van der Waals surface area contributed by atoms with Crippen molar-refractivity contribution < 1.29 is 0 Å². The van der Waals surface area contributed by atoms with Crippen molar-refractivity contribution >= 4 is 0 Å². The van der Waals surface area contributed by atoms with Gasteiger partial charge in [-0.2, -0.15) is 0 Å². The third-order valence-electron chi connectivity index (χ3n) is 4.55. The van der Waals surface area contributed by atoms with Gasteiger partial charge in [0.15, 0.2) is 0 Å². The topological polar surface area (TPSA) is 0 Å². The molecule has 0 aromatic rings. The van der Waals surface area contributed by atoms with Crippen molar-refractivity contribution in [2.24, 2.45) is 23.7 Å². The molecule has 0 saturated carbocycles. The van der Waals surface area contributed by atoms with Gasteiger partial charge in [-0.3, -0.25) is 0 Å². The molecule has 0 heteroatoms. The molecule has 0 aliphatic carbocycles. The van der Waals surface area contributed by atoms with E-state index in [2.05, 4.69) is 41.5 Å². The highest BCUT2D eigenvalue weighted by Gasteiger charge is 2.22. The summed E-state index contributed by atoms with van der Waals surface area (Å²) in [6.45, 7) is 14.4. The Labute approximate surface area is 117 Å². The van der Waals surface area contributed by atoms with Gasteiger partial charge in [-0.05, 0) is 30.1 Å². The van der Waals surface area contributed by atoms with Crippen molar-refractivity contribution in [3.63, 3.8) is 0 Å². The summed E-state index contributed by atoms with van der Waals surface area (Å²) in [6.07, 6.45) is 11.3. The lowest BCUT2D eigenvalue weighted by Crippen LogP contribution is -2.20. The molecular formula is C18H38. The van der Waals surface area contributed by atoms with Gasteiger partial charge in [-0.1, -0.05) is 86.5 Å². The summed E-state index contributed by atoms with van der Waals surface area (Å²) in [7, 11) is 0. The van der Waals surface area contributed by atoms with Crippen molar-refractivity contribution in [1.29, 1.82) is 0 Å². The summed E-state index contributed by atoms with van der Waals surface area (Å²) in [6, 6.07) is 0. The van der Waals surface area contributed by atoms with E-state index in [0.717, 1.165) is 23.7 Å². The van der Waals surface area contributed by atoms with E-state index in [1.807, 2.05) is 0 Å². The summed E-state index contributed by atoms with van der Waals surface area (Å²) >= 11 is 0. The second kappa shape index (κ2) is 10.9. The lowest BCUT2D eigenvalue weighted by atomic mass is 9.75. The Hall–Kier alpha value is 0. The second-order valence-corrected chi connectivity index (χ2v) is 6.87.